The number of hydrogen-bond acceptors (Lipinski definition) is 9. The average molecular weight is 509 g/mol. The van der Waals surface area contributed by atoms with Crippen molar-refractivity contribution in [2.24, 2.45) is 5.10 Å². The van der Waals surface area contributed by atoms with Crippen LogP contribution >= 0.6 is 0 Å². The molecule has 0 spiro atoms. The van der Waals surface area contributed by atoms with Gasteiger partial charge in [-0.15, -0.1) is 10.6 Å². The van der Waals surface area contributed by atoms with Gasteiger partial charge in [-0.3, -0.25) is 9.80 Å². The van der Waals surface area contributed by atoms with E-state index in [-0.39, 0.29) is 24.6 Å². The van der Waals surface area contributed by atoms with Crippen LogP contribution in [0.1, 0.15) is 46.9 Å². The topological polar surface area (TPSA) is 135 Å². The summed E-state index contributed by atoms with van der Waals surface area (Å²) in [7, 11) is 1.54. The Kier molecular flexibility index (Phi) is 7.10. The number of pyridine rings is 1. The van der Waals surface area contributed by atoms with Gasteiger partial charge in [-0.2, -0.15) is 0 Å². The standard InChI is InChI=1S/C25H32N8O4/c1-16(15-34)33-23(28-29-30-33)20-6-5-7-22(26-20)27-24(35)19-12-18-14-32(25(36)31-9-3-4-10-31)11-8-17(18)13-21(19)37-2/h5-7,12-13,16,29-30,34H,3-4,8-11,14-15H2,1-2H3,(H,26,27,35). The van der Waals surface area contributed by atoms with E-state index in [4.69, 9.17) is 4.74 Å². The maximum atomic E-state index is 13.3. The molecule has 0 saturated carbocycles. The molecule has 0 bridgehead atoms. The molecule has 5 rings (SSSR count). The van der Waals surface area contributed by atoms with Crippen molar-refractivity contribution in [2.45, 2.75) is 38.8 Å². The molecule has 3 aliphatic rings. The zero-order chi connectivity index (χ0) is 25.9. The van der Waals surface area contributed by atoms with E-state index < -0.39 is 0 Å². The molecule has 37 heavy (non-hydrogen) atoms. The largest absolute Gasteiger partial charge is 0.496 e. The van der Waals surface area contributed by atoms with Crippen molar-refractivity contribution in [1.82, 2.24) is 30.9 Å². The molecule has 0 radical (unpaired) electrons. The van der Waals surface area contributed by atoms with Gasteiger partial charge >= 0.3 is 6.03 Å². The van der Waals surface area contributed by atoms with Crippen LogP contribution in [0, 0.1) is 0 Å². The monoisotopic (exact) mass is 508 g/mol. The van der Waals surface area contributed by atoms with Crippen molar-refractivity contribution >= 4 is 23.6 Å². The van der Waals surface area contributed by atoms with Crippen molar-refractivity contribution in [3.63, 3.8) is 0 Å². The van der Waals surface area contributed by atoms with Crippen LogP contribution in [-0.4, -0.2) is 82.1 Å². The second kappa shape index (κ2) is 10.6. The highest BCUT2D eigenvalue weighted by Gasteiger charge is 2.29. The van der Waals surface area contributed by atoms with E-state index in [2.05, 4.69) is 26.5 Å². The predicted octanol–water partition coefficient (Wildman–Crippen LogP) is 1.28. The number of hydrazone groups is 1. The Morgan fingerprint density at radius 1 is 1.16 bits per heavy atom. The first-order chi connectivity index (χ1) is 18.0. The Labute approximate surface area is 215 Å². The first-order valence-electron chi connectivity index (χ1n) is 12.5. The lowest BCUT2D eigenvalue weighted by Gasteiger charge is -2.32. The van der Waals surface area contributed by atoms with Crippen LogP contribution in [0.3, 0.4) is 0 Å². The highest BCUT2D eigenvalue weighted by Crippen LogP contribution is 2.29. The summed E-state index contributed by atoms with van der Waals surface area (Å²) in [6.45, 7) is 4.47. The zero-order valence-electron chi connectivity index (χ0n) is 21.0. The maximum absolute atomic E-state index is 13.3. The Bertz CT molecular complexity index is 1210. The third-order valence-electron chi connectivity index (χ3n) is 6.91. The van der Waals surface area contributed by atoms with Gasteiger partial charge in [0.1, 0.15) is 17.3 Å². The number of anilines is 1. The minimum Gasteiger partial charge on any atom is -0.496 e. The molecule has 2 aromatic rings. The first-order valence-corrected chi connectivity index (χ1v) is 12.5. The number of hydrogen-bond donors (Lipinski definition) is 4. The van der Waals surface area contributed by atoms with Crippen LogP contribution in [0.5, 0.6) is 5.75 Å². The number of aliphatic hydroxyl groups is 1. The van der Waals surface area contributed by atoms with Crippen LogP contribution in [0.4, 0.5) is 10.6 Å². The fraction of sp³-hybridized carbons (Fsp3) is 0.440. The molecule has 196 valence electrons. The number of amidine groups is 1. The molecule has 0 aliphatic carbocycles. The van der Waals surface area contributed by atoms with Crippen LogP contribution in [0.25, 0.3) is 0 Å². The number of carbonyl (C=O) groups is 2. The van der Waals surface area contributed by atoms with Crippen molar-refractivity contribution < 1.29 is 19.4 Å². The number of rotatable bonds is 6. The molecular weight excluding hydrogens is 476 g/mol. The number of carbonyl (C=O) groups excluding carboxylic acids is 2. The summed E-state index contributed by atoms with van der Waals surface area (Å²) in [6, 6.07) is 8.76. The highest BCUT2D eigenvalue weighted by atomic mass is 16.5. The Morgan fingerprint density at radius 2 is 1.97 bits per heavy atom. The SMILES string of the molecule is COc1cc2c(cc1C(=O)Nc1cccc(C3=NNNN3C(C)CO)n1)CN(C(=O)N1CCCC1)CC2. The minimum atomic E-state index is -0.363. The lowest BCUT2D eigenvalue weighted by Crippen LogP contribution is -2.48. The van der Waals surface area contributed by atoms with Crippen molar-refractivity contribution in [2.75, 3.05) is 38.7 Å². The summed E-state index contributed by atoms with van der Waals surface area (Å²) in [5, 5.41) is 18.2. The van der Waals surface area contributed by atoms with E-state index in [1.54, 1.807) is 30.3 Å². The third kappa shape index (κ3) is 5.02. The minimum absolute atomic E-state index is 0.0642. The molecule has 12 nitrogen and oxygen atoms in total. The molecule has 3 aliphatic heterocycles. The third-order valence-corrected chi connectivity index (χ3v) is 6.91. The van der Waals surface area contributed by atoms with Gasteiger partial charge in [-0.25, -0.2) is 15.3 Å². The Hall–Kier alpha value is -3.90. The Balaban J connectivity index is 1.35. The van der Waals surface area contributed by atoms with E-state index in [9.17, 15) is 14.7 Å². The number of aromatic nitrogens is 1. The summed E-state index contributed by atoms with van der Waals surface area (Å²) in [5.74, 6) is 0.951. The van der Waals surface area contributed by atoms with E-state index in [0.29, 0.717) is 48.2 Å². The van der Waals surface area contributed by atoms with Crippen LogP contribution in [0.15, 0.2) is 35.4 Å². The fourth-order valence-electron chi connectivity index (χ4n) is 4.84. The van der Waals surface area contributed by atoms with E-state index >= 15 is 0 Å². The molecule has 3 amide bonds. The molecule has 1 saturated heterocycles. The number of benzene rings is 1. The number of fused-ring (bicyclic) bond motifs is 1. The van der Waals surface area contributed by atoms with Crippen LogP contribution in [0.2, 0.25) is 0 Å². The number of ether oxygens (including phenoxy) is 1. The van der Waals surface area contributed by atoms with Crippen molar-refractivity contribution in [3.8, 4) is 5.75 Å². The summed E-state index contributed by atoms with van der Waals surface area (Å²) in [6.07, 6.45) is 2.81. The Morgan fingerprint density at radius 3 is 2.73 bits per heavy atom. The summed E-state index contributed by atoms with van der Waals surface area (Å²) >= 11 is 0. The summed E-state index contributed by atoms with van der Waals surface area (Å²) in [5.41, 5.74) is 8.45. The molecule has 1 aromatic heterocycles. The molecule has 1 aromatic carbocycles. The second-order valence-electron chi connectivity index (χ2n) is 9.39. The average Bonchev–Trinajstić information content (AvgIpc) is 3.64. The van der Waals surface area contributed by atoms with Gasteiger partial charge < -0.3 is 25.0 Å². The number of amides is 3. The number of nitrogens with one attached hydrogen (secondary N) is 3. The van der Waals surface area contributed by atoms with Crippen molar-refractivity contribution in [3.05, 3.63) is 52.7 Å². The molecule has 4 N–H and O–H groups in total. The van der Waals surface area contributed by atoms with Crippen LogP contribution in [-0.2, 0) is 13.0 Å². The summed E-state index contributed by atoms with van der Waals surface area (Å²) < 4.78 is 5.55. The quantitative estimate of drug-likeness (QED) is 0.459. The molecule has 1 atom stereocenters. The first kappa shape index (κ1) is 24.8. The van der Waals surface area contributed by atoms with Gasteiger partial charge in [0, 0.05) is 26.2 Å². The second-order valence-corrected chi connectivity index (χ2v) is 9.39. The van der Waals surface area contributed by atoms with Crippen molar-refractivity contribution in [1.29, 1.82) is 0 Å². The maximum Gasteiger partial charge on any atom is 0.320 e. The van der Waals surface area contributed by atoms with Gasteiger partial charge in [-0.05, 0) is 61.6 Å². The number of nitrogens with zero attached hydrogens (tertiary/aromatic N) is 5. The predicted molar refractivity (Wildman–Crippen MR) is 137 cm³/mol. The zero-order valence-corrected chi connectivity index (χ0v) is 21.0. The van der Waals surface area contributed by atoms with Crippen LogP contribution < -0.4 is 21.1 Å². The molecule has 1 unspecified atom stereocenters. The van der Waals surface area contributed by atoms with Gasteiger partial charge in [0.25, 0.3) is 5.91 Å². The van der Waals surface area contributed by atoms with Gasteiger partial charge in [0.2, 0.25) is 0 Å². The number of urea groups is 1. The smallest absolute Gasteiger partial charge is 0.320 e. The lowest BCUT2D eigenvalue weighted by molar-refractivity contribution is 0.102. The molecular formula is C25H32N8O4. The number of hydrazine groups is 2. The number of aliphatic hydroxyl groups excluding tert-OH is 1. The fourth-order valence-corrected chi connectivity index (χ4v) is 4.84. The highest BCUT2D eigenvalue weighted by molar-refractivity contribution is 6.06. The molecule has 1 fully saturated rings. The number of methoxy groups -OCH3 is 1. The van der Waals surface area contributed by atoms with E-state index in [1.165, 1.54) is 0 Å². The normalized spacial score (nSPS) is 17.7. The summed E-state index contributed by atoms with van der Waals surface area (Å²) in [4.78, 5) is 34.6. The van der Waals surface area contributed by atoms with Gasteiger partial charge in [0.15, 0.2) is 5.84 Å². The van der Waals surface area contributed by atoms with Gasteiger partial charge in [-0.1, -0.05) is 6.07 Å². The van der Waals surface area contributed by atoms with E-state index in [1.807, 2.05) is 28.9 Å². The lowest BCUT2D eigenvalue weighted by atomic mass is 9.96. The number of likely N-dealkylation sites (tertiary alicyclic amines) is 1. The molecule has 4 heterocycles. The van der Waals surface area contributed by atoms with Gasteiger partial charge in [0.05, 0.1) is 25.3 Å². The molecule has 12 heteroatoms. The van der Waals surface area contributed by atoms with E-state index in [0.717, 1.165) is 37.1 Å².